The molecule has 2 heterocycles. The number of halogens is 2. The molecule has 204 valence electrons. The van der Waals surface area contributed by atoms with Gasteiger partial charge in [-0.2, -0.15) is 0 Å². The van der Waals surface area contributed by atoms with E-state index in [0.29, 0.717) is 21.5 Å². The molecule has 0 saturated heterocycles. The zero-order chi connectivity index (χ0) is 28.9. The van der Waals surface area contributed by atoms with Crippen LogP contribution >= 0.6 is 23.2 Å². The highest BCUT2D eigenvalue weighted by Crippen LogP contribution is 2.31. The highest BCUT2D eigenvalue weighted by Gasteiger charge is 2.28. The van der Waals surface area contributed by atoms with Gasteiger partial charge in [0.05, 0.1) is 10.5 Å². The van der Waals surface area contributed by atoms with E-state index >= 15 is 0 Å². The van der Waals surface area contributed by atoms with Crippen molar-refractivity contribution in [3.63, 3.8) is 0 Å². The Hall–Kier alpha value is -3.92. The van der Waals surface area contributed by atoms with Crippen LogP contribution in [0.25, 0.3) is 21.8 Å². The molecule has 0 saturated carbocycles. The van der Waals surface area contributed by atoms with Gasteiger partial charge in [-0.05, 0) is 79.1 Å². The number of nitrogens with two attached hydrogens (primary N) is 1. The number of aryl methyl sites for hydroxylation is 3. The number of pyridine rings is 1. The number of hydrogen-bond donors (Lipinski definition) is 1. The minimum atomic E-state index is -4.16. The third kappa shape index (κ3) is 4.92. The first-order valence-corrected chi connectivity index (χ1v) is 14.3. The minimum Gasteiger partial charge on any atom is -0.485 e. The smallest absolute Gasteiger partial charge is 0.269 e. The molecule has 1 amide bonds. The molecule has 3 aromatic carbocycles. The van der Waals surface area contributed by atoms with Crippen LogP contribution in [0.1, 0.15) is 37.4 Å². The third-order valence-electron chi connectivity index (χ3n) is 6.53. The van der Waals surface area contributed by atoms with Crippen molar-refractivity contribution in [1.29, 1.82) is 0 Å². The SMILES string of the molecule is Cc1cc(C)c(S(=O)(=O)n2cc(C(=O)COc3cc4ccc(Cl)cc4cc3C(N)=O)c3ccc(Cl)nc32)c(C)c1. The maximum absolute atomic E-state index is 13.9. The summed E-state index contributed by atoms with van der Waals surface area (Å²) in [5, 5.41) is 2.24. The summed E-state index contributed by atoms with van der Waals surface area (Å²) in [5.74, 6) is -1.17. The van der Waals surface area contributed by atoms with E-state index in [1.165, 1.54) is 18.3 Å². The fourth-order valence-electron chi connectivity index (χ4n) is 4.91. The molecule has 0 fully saturated rings. The Labute approximate surface area is 240 Å². The second-order valence-corrected chi connectivity index (χ2v) is 12.1. The summed E-state index contributed by atoms with van der Waals surface area (Å²) in [4.78, 5) is 29.9. The van der Waals surface area contributed by atoms with Crippen molar-refractivity contribution >= 4 is 66.7 Å². The molecule has 0 atom stereocenters. The molecule has 2 N–H and O–H groups in total. The summed E-state index contributed by atoms with van der Waals surface area (Å²) in [6.45, 7) is 4.82. The van der Waals surface area contributed by atoms with E-state index < -0.39 is 28.3 Å². The molecule has 0 bridgehead atoms. The number of Topliss-reactive ketones (excluding diaryl/α,β-unsaturated/α-hetero) is 1. The maximum Gasteiger partial charge on any atom is 0.269 e. The van der Waals surface area contributed by atoms with Crippen LogP contribution in [0.2, 0.25) is 10.2 Å². The van der Waals surface area contributed by atoms with Crippen LogP contribution in [0.15, 0.2) is 65.7 Å². The fraction of sp³-hybridized carbons (Fsp3) is 0.138. The number of carbonyl (C=O) groups is 2. The lowest BCUT2D eigenvalue weighted by atomic mass is 10.1. The van der Waals surface area contributed by atoms with Crippen molar-refractivity contribution in [3.8, 4) is 5.75 Å². The van der Waals surface area contributed by atoms with Crippen molar-refractivity contribution in [3.05, 3.63) is 98.8 Å². The average molecular weight is 596 g/mol. The number of hydrogen-bond acceptors (Lipinski definition) is 6. The lowest BCUT2D eigenvalue weighted by Crippen LogP contribution is -2.17. The Morgan fingerprint density at radius 2 is 1.62 bits per heavy atom. The van der Waals surface area contributed by atoms with Crippen LogP contribution in [0.4, 0.5) is 0 Å². The van der Waals surface area contributed by atoms with Crippen LogP contribution in [0.3, 0.4) is 0 Å². The number of primary amides is 1. The van der Waals surface area contributed by atoms with Crippen LogP contribution in [-0.4, -0.2) is 35.7 Å². The molecular weight excluding hydrogens is 573 g/mol. The third-order valence-corrected chi connectivity index (χ3v) is 8.94. The van der Waals surface area contributed by atoms with Crippen LogP contribution in [0, 0.1) is 20.8 Å². The van der Waals surface area contributed by atoms with Gasteiger partial charge in [0.2, 0.25) is 5.78 Å². The van der Waals surface area contributed by atoms with Crippen molar-refractivity contribution in [2.24, 2.45) is 5.73 Å². The minimum absolute atomic E-state index is 0.00985. The maximum atomic E-state index is 13.9. The lowest BCUT2D eigenvalue weighted by Gasteiger charge is -2.13. The second kappa shape index (κ2) is 10.2. The summed E-state index contributed by atoms with van der Waals surface area (Å²) in [6, 6.07) is 14.8. The van der Waals surface area contributed by atoms with Gasteiger partial charge in [-0.3, -0.25) is 9.59 Å². The highest BCUT2D eigenvalue weighted by atomic mass is 35.5. The van der Waals surface area contributed by atoms with Crippen molar-refractivity contribution in [2.45, 2.75) is 25.7 Å². The van der Waals surface area contributed by atoms with Gasteiger partial charge in [0.15, 0.2) is 12.3 Å². The molecule has 5 rings (SSSR count). The molecule has 5 aromatic rings. The number of ether oxygens (including phenoxy) is 1. The Balaban J connectivity index is 1.56. The lowest BCUT2D eigenvalue weighted by molar-refractivity contribution is 0.0914. The summed E-state index contributed by atoms with van der Waals surface area (Å²) in [7, 11) is -4.16. The molecule has 11 heteroatoms. The number of nitrogens with zero attached hydrogens (tertiary/aromatic N) is 2. The van der Waals surface area contributed by atoms with Gasteiger partial charge in [-0.1, -0.05) is 47.0 Å². The Bertz CT molecular complexity index is 1960. The normalized spacial score (nSPS) is 11.7. The van der Waals surface area contributed by atoms with E-state index in [-0.39, 0.29) is 38.0 Å². The summed E-state index contributed by atoms with van der Waals surface area (Å²) in [6.07, 6.45) is 1.23. The van der Waals surface area contributed by atoms with E-state index in [1.807, 2.05) is 6.92 Å². The molecule has 2 aromatic heterocycles. The fourth-order valence-corrected chi connectivity index (χ4v) is 6.97. The van der Waals surface area contributed by atoms with E-state index in [2.05, 4.69) is 4.98 Å². The van der Waals surface area contributed by atoms with Gasteiger partial charge in [0, 0.05) is 22.2 Å². The topological polar surface area (TPSA) is 121 Å². The first kappa shape index (κ1) is 27.6. The first-order valence-electron chi connectivity index (χ1n) is 12.1. The number of carbonyl (C=O) groups excluding carboxylic acids is 2. The number of rotatable bonds is 7. The van der Waals surface area contributed by atoms with Gasteiger partial charge in [-0.25, -0.2) is 17.4 Å². The monoisotopic (exact) mass is 595 g/mol. The molecular formula is C29H23Cl2N3O5S. The number of aromatic nitrogens is 2. The van der Waals surface area contributed by atoms with E-state index in [1.54, 1.807) is 56.3 Å². The predicted molar refractivity (Wildman–Crippen MR) is 155 cm³/mol. The molecule has 0 spiro atoms. The van der Waals surface area contributed by atoms with Gasteiger partial charge in [0.25, 0.3) is 15.9 Å². The summed E-state index contributed by atoms with van der Waals surface area (Å²) >= 11 is 12.2. The van der Waals surface area contributed by atoms with Crippen LogP contribution in [-0.2, 0) is 10.0 Å². The molecule has 0 radical (unpaired) electrons. The highest BCUT2D eigenvalue weighted by molar-refractivity contribution is 7.90. The van der Waals surface area contributed by atoms with Gasteiger partial charge in [0.1, 0.15) is 10.9 Å². The quantitative estimate of drug-likeness (QED) is 0.181. The zero-order valence-electron chi connectivity index (χ0n) is 21.7. The first-order chi connectivity index (χ1) is 18.9. The van der Waals surface area contributed by atoms with Crippen molar-refractivity contribution in [2.75, 3.05) is 6.61 Å². The zero-order valence-corrected chi connectivity index (χ0v) is 24.0. The van der Waals surface area contributed by atoms with Crippen molar-refractivity contribution < 1.29 is 22.7 Å². The number of benzene rings is 3. The van der Waals surface area contributed by atoms with Gasteiger partial charge >= 0.3 is 0 Å². The Kier molecular flexibility index (Phi) is 7.08. The van der Waals surface area contributed by atoms with Gasteiger partial charge in [-0.15, -0.1) is 0 Å². The van der Waals surface area contributed by atoms with Crippen molar-refractivity contribution in [1.82, 2.24) is 8.96 Å². The van der Waals surface area contributed by atoms with Gasteiger partial charge < -0.3 is 10.5 Å². The number of amides is 1. The molecule has 0 aliphatic heterocycles. The second-order valence-electron chi connectivity index (χ2n) is 9.49. The molecule has 0 unspecified atom stereocenters. The van der Waals surface area contributed by atoms with E-state index in [0.717, 1.165) is 14.9 Å². The standard InChI is InChI=1S/C29H23Cl2N3O5S/c1-15-8-16(2)27(17(3)9-15)40(37,38)34-13-23(21-6-7-26(31)33-29(21)34)24(35)14-39-25-12-18-4-5-20(30)10-19(18)11-22(25)28(32)36/h4-13H,14H2,1-3H3,(H2,32,36). The molecule has 40 heavy (non-hydrogen) atoms. The molecule has 0 aliphatic rings. The molecule has 0 aliphatic carbocycles. The Morgan fingerprint density at radius 1 is 0.925 bits per heavy atom. The predicted octanol–water partition coefficient (Wildman–Crippen LogP) is 6.02. The van der Waals surface area contributed by atoms with E-state index in [4.69, 9.17) is 33.7 Å². The van der Waals surface area contributed by atoms with E-state index in [9.17, 15) is 18.0 Å². The summed E-state index contributed by atoms with van der Waals surface area (Å²) < 4.78 is 34.5. The van der Waals surface area contributed by atoms with Crippen LogP contribution in [0.5, 0.6) is 5.75 Å². The largest absolute Gasteiger partial charge is 0.485 e. The number of fused-ring (bicyclic) bond motifs is 2. The average Bonchev–Trinajstić information content (AvgIpc) is 3.25. The number of ketones is 1. The Morgan fingerprint density at radius 3 is 2.30 bits per heavy atom. The molecule has 8 nitrogen and oxygen atoms in total. The van der Waals surface area contributed by atoms with Crippen LogP contribution < -0.4 is 10.5 Å². The summed E-state index contributed by atoms with van der Waals surface area (Å²) in [5.41, 5.74) is 7.77.